The normalized spacial score (nSPS) is 13.8. The summed E-state index contributed by atoms with van der Waals surface area (Å²) in [5, 5.41) is 0.0757. The summed E-state index contributed by atoms with van der Waals surface area (Å²) in [5.74, 6) is -1.47. The molecule has 0 atom stereocenters. The zero-order valence-electron chi connectivity index (χ0n) is 15.4. The Kier molecular flexibility index (Phi) is 6.74. The van der Waals surface area contributed by atoms with Crippen molar-refractivity contribution in [3.05, 3.63) is 58.5 Å². The molecule has 1 aliphatic rings. The second-order valence-corrected chi connectivity index (χ2v) is 7.28. The number of anilines is 1. The molecule has 0 saturated heterocycles. The second-order valence-electron chi connectivity index (χ2n) is 6.84. The molecule has 3 rings (SSSR count). The summed E-state index contributed by atoms with van der Waals surface area (Å²) >= 11 is 5.68. The van der Waals surface area contributed by atoms with Gasteiger partial charge in [-0.15, -0.1) is 0 Å². The summed E-state index contributed by atoms with van der Waals surface area (Å²) in [6.45, 7) is -0.170. The van der Waals surface area contributed by atoms with Gasteiger partial charge in [-0.1, -0.05) is 35.9 Å². The Labute approximate surface area is 171 Å². The van der Waals surface area contributed by atoms with E-state index >= 15 is 0 Å². The predicted octanol–water partition coefficient (Wildman–Crippen LogP) is 4.36. The zero-order valence-corrected chi connectivity index (χ0v) is 16.2. The van der Waals surface area contributed by atoms with Crippen LogP contribution in [-0.4, -0.2) is 34.8 Å². The van der Waals surface area contributed by atoms with Crippen LogP contribution in [0, 0.1) is 5.82 Å². The molecule has 9 heteroatoms. The molecule has 154 valence electrons. The van der Waals surface area contributed by atoms with Crippen LogP contribution in [0.4, 0.5) is 19.0 Å². The van der Waals surface area contributed by atoms with E-state index in [1.807, 2.05) is 0 Å². The molecule has 0 unspecified atom stereocenters. The lowest BCUT2D eigenvalue weighted by Gasteiger charge is -2.38. The number of alkyl halides is 2. The molecule has 1 aliphatic carbocycles. The topological polar surface area (TPSA) is 53.5 Å². The minimum atomic E-state index is -2.56. The molecular formula is C20H19ClF3N3O2. The highest BCUT2D eigenvalue weighted by molar-refractivity contribution is 6.30. The number of hydrogen-bond acceptors (Lipinski definition) is 3. The number of pyridine rings is 1. The maximum atomic E-state index is 14.1. The lowest BCUT2D eigenvalue weighted by atomic mass is 9.91. The van der Waals surface area contributed by atoms with Gasteiger partial charge in [-0.2, -0.15) is 0 Å². The molecule has 1 aromatic heterocycles. The summed E-state index contributed by atoms with van der Waals surface area (Å²) < 4.78 is 39.6. The summed E-state index contributed by atoms with van der Waals surface area (Å²) in [6.07, 6.45) is 1.58. The molecule has 1 aromatic carbocycles. The van der Waals surface area contributed by atoms with Gasteiger partial charge in [-0.25, -0.2) is 18.2 Å². The van der Waals surface area contributed by atoms with Gasteiger partial charge in [0, 0.05) is 24.3 Å². The van der Waals surface area contributed by atoms with Crippen LogP contribution in [0.3, 0.4) is 0 Å². The molecule has 0 radical (unpaired) electrons. The van der Waals surface area contributed by atoms with E-state index in [0.717, 1.165) is 30.2 Å². The van der Waals surface area contributed by atoms with Crippen molar-refractivity contribution < 1.29 is 22.8 Å². The van der Waals surface area contributed by atoms with E-state index in [9.17, 15) is 22.8 Å². The number of aromatic nitrogens is 1. The van der Waals surface area contributed by atoms with Crippen molar-refractivity contribution in [3.63, 3.8) is 0 Å². The number of amides is 2. The molecule has 5 nitrogen and oxygen atoms in total. The van der Waals surface area contributed by atoms with Gasteiger partial charge >= 0.3 is 0 Å². The van der Waals surface area contributed by atoms with Crippen molar-refractivity contribution >= 4 is 29.7 Å². The smallest absolute Gasteiger partial charge is 0.263 e. The number of halogens is 4. The molecule has 1 heterocycles. The monoisotopic (exact) mass is 425 g/mol. The van der Waals surface area contributed by atoms with E-state index in [0.29, 0.717) is 12.0 Å². The van der Waals surface area contributed by atoms with E-state index in [1.165, 1.54) is 18.3 Å². The lowest BCUT2D eigenvalue weighted by molar-refractivity contribution is -0.135. The number of carbonyl (C=O) groups is 2. The molecule has 2 amide bonds. The third kappa shape index (κ3) is 5.06. The van der Waals surface area contributed by atoms with Gasteiger partial charge in [-0.3, -0.25) is 14.5 Å². The Morgan fingerprint density at radius 1 is 1.28 bits per heavy atom. The Hall–Kier alpha value is -2.61. The average Bonchev–Trinajstić information content (AvgIpc) is 2.65. The van der Waals surface area contributed by atoms with Gasteiger partial charge in [0.25, 0.3) is 6.43 Å². The quantitative estimate of drug-likeness (QED) is 0.591. The Morgan fingerprint density at radius 3 is 2.48 bits per heavy atom. The average molecular weight is 426 g/mol. The number of nitrogens with zero attached hydrogens (tertiary/aromatic N) is 3. The summed E-state index contributed by atoms with van der Waals surface area (Å²) in [7, 11) is 0. The zero-order chi connectivity index (χ0) is 21.0. The number of hydrogen-bond donors (Lipinski definition) is 0. The van der Waals surface area contributed by atoms with Crippen LogP contribution in [0.5, 0.6) is 0 Å². The van der Waals surface area contributed by atoms with Crippen LogP contribution >= 0.6 is 11.6 Å². The highest BCUT2D eigenvalue weighted by Crippen LogP contribution is 2.28. The lowest BCUT2D eigenvalue weighted by Crippen LogP contribution is -2.48. The first-order valence-electron chi connectivity index (χ1n) is 9.08. The molecule has 0 spiro atoms. The molecular weight excluding hydrogens is 407 g/mol. The molecule has 1 saturated carbocycles. The second kappa shape index (κ2) is 9.26. The van der Waals surface area contributed by atoms with Gasteiger partial charge in [-0.05, 0) is 30.9 Å². The molecule has 0 bridgehead atoms. The molecule has 0 N–H and O–H groups in total. The molecule has 0 aliphatic heterocycles. The van der Waals surface area contributed by atoms with Crippen LogP contribution in [0.25, 0.3) is 0 Å². The van der Waals surface area contributed by atoms with Crippen molar-refractivity contribution in [2.24, 2.45) is 0 Å². The van der Waals surface area contributed by atoms with Crippen LogP contribution in [0.1, 0.15) is 36.8 Å². The summed E-state index contributed by atoms with van der Waals surface area (Å²) in [5.41, 5.74) is 0.606. The van der Waals surface area contributed by atoms with Gasteiger partial charge in [0.15, 0.2) is 11.6 Å². The van der Waals surface area contributed by atoms with Gasteiger partial charge in [0.2, 0.25) is 12.3 Å². The largest absolute Gasteiger partial charge is 0.334 e. The van der Waals surface area contributed by atoms with Gasteiger partial charge in [0.1, 0.15) is 6.54 Å². The fourth-order valence-electron chi connectivity index (χ4n) is 3.10. The Bertz CT molecular complexity index is 876. The standard InChI is InChI=1S/C20H19ClF3N3O2/c21-15-8-17(22)20(25-9-15)26(12-28)11-18(29)27(16-2-1-3-16)10-13-4-6-14(7-5-13)19(23)24/h4-9,12,16,19H,1-3,10-11H2. The maximum Gasteiger partial charge on any atom is 0.263 e. The van der Waals surface area contributed by atoms with Crippen molar-refractivity contribution in [2.75, 3.05) is 11.4 Å². The first-order chi connectivity index (χ1) is 13.9. The van der Waals surface area contributed by atoms with Crippen molar-refractivity contribution in [2.45, 2.75) is 38.3 Å². The summed E-state index contributed by atoms with van der Waals surface area (Å²) in [4.78, 5) is 30.7. The fraction of sp³-hybridized carbons (Fsp3) is 0.350. The first-order valence-corrected chi connectivity index (χ1v) is 9.46. The van der Waals surface area contributed by atoms with Crippen LogP contribution in [-0.2, 0) is 16.1 Å². The first kappa shape index (κ1) is 21.1. The Balaban J connectivity index is 1.75. The van der Waals surface area contributed by atoms with Crippen molar-refractivity contribution in [3.8, 4) is 0 Å². The fourth-order valence-corrected chi connectivity index (χ4v) is 3.25. The van der Waals surface area contributed by atoms with Crippen LogP contribution in [0.2, 0.25) is 5.02 Å². The van der Waals surface area contributed by atoms with Crippen LogP contribution in [0.15, 0.2) is 36.5 Å². The van der Waals surface area contributed by atoms with E-state index in [4.69, 9.17) is 11.6 Å². The van der Waals surface area contributed by atoms with E-state index < -0.39 is 12.2 Å². The minimum absolute atomic E-state index is 0.00574. The maximum absolute atomic E-state index is 14.1. The number of rotatable bonds is 8. The highest BCUT2D eigenvalue weighted by Gasteiger charge is 2.30. The number of benzene rings is 1. The van der Waals surface area contributed by atoms with E-state index in [1.54, 1.807) is 17.0 Å². The highest BCUT2D eigenvalue weighted by atomic mass is 35.5. The predicted molar refractivity (Wildman–Crippen MR) is 102 cm³/mol. The summed E-state index contributed by atoms with van der Waals surface area (Å²) in [6, 6.07) is 6.77. The third-order valence-electron chi connectivity index (χ3n) is 4.91. The minimum Gasteiger partial charge on any atom is -0.334 e. The SMILES string of the molecule is O=CN(CC(=O)N(Cc1ccc(C(F)F)cc1)C1CCC1)c1ncc(Cl)cc1F. The van der Waals surface area contributed by atoms with Crippen LogP contribution < -0.4 is 4.90 Å². The van der Waals surface area contributed by atoms with E-state index in [2.05, 4.69) is 4.98 Å². The van der Waals surface area contributed by atoms with Crippen molar-refractivity contribution in [1.82, 2.24) is 9.88 Å². The Morgan fingerprint density at radius 2 is 1.97 bits per heavy atom. The van der Waals surface area contributed by atoms with E-state index in [-0.39, 0.29) is 41.4 Å². The van der Waals surface area contributed by atoms with Gasteiger partial charge in [0.05, 0.1) is 5.02 Å². The van der Waals surface area contributed by atoms with Crippen molar-refractivity contribution in [1.29, 1.82) is 0 Å². The molecule has 1 fully saturated rings. The third-order valence-corrected chi connectivity index (χ3v) is 5.12. The molecule has 29 heavy (non-hydrogen) atoms. The molecule has 2 aromatic rings. The van der Waals surface area contributed by atoms with Gasteiger partial charge < -0.3 is 4.90 Å². The number of carbonyl (C=O) groups excluding carboxylic acids is 2.